The Morgan fingerprint density at radius 1 is 1.40 bits per heavy atom. The van der Waals surface area contributed by atoms with Gasteiger partial charge in [0.2, 0.25) is 5.91 Å². The second-order valence-electron chi connectivity index (χ2n) is 7.77. The third kappa shape index (κ3) is 2.97. The molecule has 3 saturated heterocycles. The van der Waals surface area contributed by atoms with Crippen LogP contribution in [0.4, 0.5) is 4.79 Å². The van der Waals surface area contributed by atoms with Crippen LogP contribution in [-0.4, -0.2) is 60.1 Å². The highest BCUT2D eigenvalue weighted by Gasteiger charge is 2.44. The van der Waals surface area contributed by atoms with Crippen molar-refractivity contribution in [3.63, 3.8) is 0 Å². The molecule has 0 aliphatic carbocycles. The highest BCUT2D eigenvalue weighted by Crippen LogP contribution is 2.41. The fourth-order valence-corrected chi connectivity index (χ4v) is 4.88. The summed E-state index contributed by atoms with van der Waals surface area (Å²) in [6.07, 6.45) is 12.9. The van der Waals surface area contributed by atoms with Crippen LogP contribution in [0.1, 0.15) is 38.5 Å². The Kier molecular flexibility index (Phi) is 4.10. The highest BCUT2D eigenvalue weighted by molar-refractivity contribution is 5.79. The Bertz CT molecular complexity index is 643. The number of hydrogen-bond donors (Lipinski definition) is 1. The molecule has 6 heteroatoms. The molecule has 1 N–H and O–H groups in total. The zero-order valence-electron chi connectivity index (χ0n) is 14.5. The number of rotatable bonds is 2. The standard InChI is InChI=1S/C19H25N3O3/c1-2-9-25-18(24)22-14-3-4-15(22)11-16(10-14)21-7-5-19(6-8-21)12-17(23)20-13-19/h1,10,14-15H,3-9,11-13H2,(H,20,23). The van der Waals surface area contributed by atoms with Crippen LogP contribution < -0.4 is 5.32 Å². The van der Waals surface area contributed by atoms with Gasteiger partial charge >= 0.3 is 6.09 Å². The Morgan fingerprint density at radius 3 is 2.84 bits per heavy atom. The lowest BCUT2D eigenvalue weighted by molar-refractivity contribution is -0.119. The number of carbonyl (C=O) groups is 2. The minimum atomic E-state index is -0.283. The van der Waals surface area contributed by atoms with E-state index in [2.05, 4.69) is 22.2 Å². The molecule has 0 saturated carbocycles. The number of piperidine rings is 1. The molecule has 4 aliphatic heterocycles. The zero-order chi connectivity index (χ0) is 17.4. The summed E-state index contributed by atoms with van der Waals surface area (Å²) >= 11 is 0. The van der Waals surface area contributed by atoms with E-state index >= 15 is 0 Å². The van der Waals surface area contributed by atoms with Gasteiger partial charge in [0.15, 0.2) is 6.61 Å². The summed E-state index contributed by atoms with van der Waals surface area (Å²) in [6.45, 7) is 2.87. The molecule has 4 aliphatic rings. The van der Waals surface area contributed by atoms with Crippen LogP contribution >= 0.6 is 0 Å². The molecule has 3 fully saturated rings. The lowest BCUT2D eigenvalue weighted by Gasteiger charge is -2.43. The van der Waals surface area contributed by atoms with Crippen LogP contribution in [0, 0.1) is 17.8 Å². The van der Waals surface area contributed by atoms with Gasteiger partial charge in [0.05, 0.1) is 6.04 Å². The minimum Gasteiger partial charge on any atom is -0.436 e. The third-order valence-electron chi connectivity index (χ3n) is 6.29. The monoisotopic (exact) mass is 343 g/mol. The second kappa shape index (κ2) is 6.29. The van der Waals surface area contributed by atoms with Gasteiger partial charge in [-0.2, -0.15) is 0 Å². The van der Waals surface area contributed by atoms with Crippen molar-refractivity contribution in [2.24, 2.45) is 5.41 Å². The van der Waals surface area contributed by atoms with Crippen LogP contribution in [0.2, 0.25) is 0 Å². The first kappa shape index (κ1) is 16.3. The Morgan fingerprint density at radius 2 is 2.20 bits per heavy atom. The summed E-state index contributed by atoms with van der Waals surface area (Å²) < 4.78 is 5.13. The van der Waals surface area contributed by atoms with Gasteiger partial charge in [0.25, 0.3) is 0 Å². The summed E-state index contributed by atoms with van der Waals surface area (Å²) in [5.74, 6) is 2.55. The van der Waals surface area contributed by atoms with Gasteiger partial charge in [0.1, 0.15) is 0 Å². The number of nitrogens with zero attached hydrogens (tertiary/aromatic N) is 2. The van der Waals surface area contributed by atoms with Crippen LogP contribution in [0.5, 0.6) is 0 Å². The molecule has 2 amide bonds. The average Bonchev–Trinajstić information content (AvgIpc) is 3.10. The van der Waals surface area contributed by atoms with Crippen molar-refractivity contribution < 1.29 is 14.3 Å². The molecule has 4 rings (SSSR count). The van der Waals surface area contributed by atoms with Crippen molar-refractivity contribution >= 4 is 12.0 Å². The molecule has 0 aromatic rings. The first-order chi connectivity index (χ1) is 12.1. The summed E-state index contributed by atoms with van der Waals surface area (Å²) in [6, 6.07) is 0.352. The van der Waals surface area contributed by atoms with Crippen molar-refractivity contribution in [1.82, 2.24) is 15.1 Å². The summed E-state index contributed by atoms with van der Waals surface area (Å²) in [4.78, 5) is 28.1. The van der Waals surface area contributed by atoms with Gasteiger partial charge in [-0.25, -0.2) is 4.79 Å². The Balaban J connectivity index is 1.40. The van der Waals surface area contributed by atoms with Crippen molar-refractivity contribution in [3.8, 4) is 12.3 Å². The van der Waals surface area contributed by atoms with E-state index in [1.807, 2.05) is 4.90 Å². The van der Waals surface area contributed by atoms with E-state index < -0.39 is 0 Å². The van der Waals surface area contributed by atoms with E-state index in [-0.39, 0.29) is 36.1 Å². The number of ether oxygens (including phenoxy) is 1. The number of hydrogen-bond acceptors (Lipinski definition) is 4. The molecule has 0 radical (unpaired) electrons. The van der Waals surface area contributed by atoms with Gasteiger partial charge in [-0.05, 0) is 37.2 Å². The molecule has 1 spiro atoms. The van der Waals surface area contributed by atoms with E-state index in [0.717, 1.165) is 51.7 Å². The summed E-state index contributed by atoms with van der Waals surface area (Å²) in [7, 11) is 0. The van der Waals surface area contributed by atoms with Crippen molar-refractivity contribution in [3.05, 3.63) is 11.8 Å². The third-order valence-corrected chi connectivity index (χ3v) is 6.29. The molecule has 2 unspecified atom stereocenters. The first-order valence-electron chi connectivity index (χ1n) is 9.21. The smallest absolute Gasteiger partial charge is 0.411 e. The summed E-state index contributed by atoms with van der Waals surface area (Å²) in [5.41, 5.74) is 1.54. The molecule has 0 aromatic carbocycles. The first-order valence-corrected chi connectivity index (χ1v) is 9.21. The van der Waals surface area contributed by atoms with Gasteiger partial charge in [0, 0.05) is 44.2 Å². The van der Waals surface area contributed by atoms with Crippen molar-refractivity contribution in [2.75, 3.05) is 26.2 Å². The predicted octanol–water partition coefficient (Wildman–Crippen LogP) is 1.48. The molecular weight excluding hydrogens is 318 g/mol. The SMILES string of the molecule is C#CCOC(=O)N1C2C=C(N3CCC4(CC3)CNC(=O)C4)CC1CC2. The quantitative estimate of drug-likeness (QED) is 0.772. The van der Waals surface area contributed by atoms with E-state index in [1.54, 1.807) is 0 Å². The maximum Gasteiger partial charge on any atom is 0.411 e. The largest absolute Gasteiger partial charge is 0.436 e. The average molecular weight is 343 g/mol. The van der Waals surface area contributed by atoms with Gasteiger partial charge in [-0.1, -0.05) is 5.92 Å². The number of carbonyl (C=O) groups excluding carboxylic acids is 2. The lowest BCUT2D eigenvalue weighted by atomic mass is 9.77. The number of likely N-dealkylation sites (tertiary alicyclic amines) is 1. The van der Waals surface area contributed by atoms with E-state index in [9.17, 15) is 9.59 Å². The van der Waals surface area contributed by atoms with Gasteiger partial charge in [-0.15, -0.1) is 6.42 Å². The van der Waals surface area contributed by atoms with Crippen LogP contribution in [0.3, 0.4) is 0 Å². The molecule has 4 heterocycles. The fourth-order valence-electron chi connectivity index (χ4n) is 4.88. The maximum absolute atomic E-state index is 12.2. The number of nitrogens with one attached hydrogen (secondary N) is 1. The molecular formula is C19H25N3O3. The maximum atomic E-state index is 12.2. The molecule has 6 nitrogen and oxygen atoms in total. The number of terminal acetylenes is 1. The normalized spacial score (nSPS) is 30.0. The highest BCUT2D eigenvalue weighted by atomic mass is 16.6. The molecule has 0 aromatic heterocycles. The Hall–Kier alpha value is -2.16. The van der Waals surface area contributed by atoms with E-state index in [0.29, 0.717) is 6.42 Å². The van der Waals surface area contributed by atoms with E-state index in [4.69, 9.17) is 11.2 Å². The van der Waals surface area contributed by atoms with E-state index in [1.165, 1.54) is 5.70 Å². The topological polar surface area (TPSA) is 61.9 Å². The molecule has 25 heavy (non-hydrogen) atoms. The zero-order valence-corrected chi connectivity index (χ0v) is 14.5. The predicted molar refractivity (Wildman–Crippen MR) is 92.4 cm³/mol. The Labute approximate surface area is 148 Å². The number of amides is 2. The van der Waals surface area contributed by atoms with Crippen LogP contribution in [-0.2, 0) is 9.53 Å². The van der Waals surface area contributed by atoms with Crippen LogP contribution in [0.15, 0.2) is 11.8 Å². The second-order valence-corrected chi connectivity index (χ2v) is 7.77. The fraction of sp³-hybridized carbons (Fsp3) is 0.684. The summed E-state index contributed by atoms with van der Waals surface area (Å²) in [5, 5.41) is 2.99. The minimum absolute atomic E-state index is 0.0340. The van der Waals surface area contributed by atoms with Gasteiger partial charge in [-0.3, -0.25) is 9.69 Å². The van der Waals surface area contributed by atoms with Crippen LogP contribution in [0.25, 0.3) is 0 Å². The number of fused-ring (bicyclic) bond motifs is 2. The molecule has 134 valence electrons. The molecule has 2 atom stereocenters. The van der Waals surface area contributed by atoms with Gasteiger partial charge < -0.3 is 15.0 Å². The lowest BCUT2D eigenvalue weighted by Crippen LogP contribution is -2.47. The van der Waals surface area contributed by atoms with Crippen molar-refractivity contribution in [2.45, 2.75) is 50.6 Å². The van der Waals surface area contributed by atoms with Crippen molar-refractivity contribution in [1.29, 1.82) is 0 Å². The molecule has 2 bridgehead atoms.